The molecule has 0 saturated carbocycles. The number of nitrogens with one attached hydrogen (secondary N) is 1. The fraction of sp³-hybridized carbons (Fsp3) is 1.00. The molecule has 1 N–H and O–H groups in total. The number of hydrogen-bond donors (Lipinski definition) is 1. The van der Waals surface area contributed by atoms with E-state index in [9.17, 15) is 4.21 Å². The van der Waals surface area contributed by atoms with Crippen molar-refractivity contribution in [1.82, 2.24) is 10.2 Å². The van der Waals surface area contributed by atoms with E-state index in [-0.39, 0.29) is 0 Å². The number of piperazine rings is 1. The van der Waals surface area contributed by atoms with Crippen molar-refractivity contribution in [3.05, 3.63) is 0 Å². The number of rotatable bonds is 4. The second kappa shape index (κ2) is 6.12. The number of hydrogen-bond acceptors (Lipinski definition) is 3. The van der Waals surface area contributed by atoms with Gasteiger partial charge in [0, 0.05) is 54.0 Å². The van der Waals surface area contributed by atoms with Crippen LogP contribution in [-0.4, -0.2) is 52.3 Å². The minimum absolute atomic E-state index is 0.419. The standard InChI is InChI=1S/C12H26N2OS/c1-9(2)12-6-13-10(3)7-14(12)11(4)8-16(5)15/h9-13H,6-8H2,1-5H3. The summed E-state index contributed by atoms with van der Waals surface area (Å²) in [5.41, 5.74) is 0. The highest BCUT2D eigenvalue weighted by atomic mass is 32.2. The van der Waals surface area contributed by atoms with Gasteiger partial charge in [-0.1, -0.05) is 13.8 Å². The first kappa shape index (κ1) is 14.1. The van der Waals surface area contributed by atoms with Crippen LogP contribution in [0.15, 0.2) is 0 Å². The summed E-state index contributed by atoms with van der Waals surface area (Å²) >= 11 is 0. The molecule has 16 heavy (non-hydrogen) atoms. The summed E-state index contributed by atoms with van der Waals surface area (Å²) in [6, 6.07) is 1.54. The molecule has 1 heterocycles. The minimum Gasteiger partial charge on any atom is -0.311 e. The maximum atomic E-state index is 11.3. The van der Waals surface area contributed by atoms with Crippen molar-refractivity contribution in [2.75, 3.05) is 25.1 Å². The van der Waals surface area contributed by atoms with Gasteiger partial charge in [-0.2, -0.15) is 0 Å². The molecule has 0 aromatic rings. The van der Waals surface area contributed by atoms with Crippen LogP contribution in [0.5, 0.6) is 0 Å². The normalized spacial score (nSPS) is 31.6. The Morgan fingerprint density at radius 3 is 2.56 bits per heavy atom. The Balaban J connectivity index is 2.66. The molecule has 0 aromatic carbocycles. The fourth-order valence-electron chi connectivity index (χ4n) is 2.52. The molecule has 0 spiro atoms. The zero-order chi connectivity index (χ0) is 12.3. The van der Waals surface area contributed by atoms with E-state index in [0.717, 1.165) is 18.8 Å². The van der Waals surface area contributed by atoms with Crippen LogP contribution in [0.4, 0.5) is 0 Å². The lowest BCUT2D eigenvalue weighted by molar-refractivity contribution is 0.0746. The molecule has 0 radical (unpaired) electrons. The van der Waals surface area contributed by atoms with Crippen molar-refractivity contribution in [3.8, 4) is 0 Å². The van der Waals surface area contributed by atoms with Crippen LogP contribution in [-0.2, 0) is 10.8 Å². The van der Waals surface area contributed by atoms with Crippen LogP contribution < -0.4 is 5.32 Å². The van der Waals surface area contributed by atoms with Gasteiger partial charge in [-0.3, -0.25) is 9.11 Å². The van der Waals surface area contributed by atoms with Gasteiger partial charge in [-0.15, -0.1) is 0 Å². The Labute approximate surface area is 102 Å². The second-order valence-electron chi connectivity index (χ2n) is 5.41. The summed E-state index contributed by atoms with van der Waals surface area (Å²) in [4.78, 5) is 2.53. The van der Waals surface area contributed by atoms with Crippen LogP contribution in [0, 0.1) is 5.92 Å². The van der Waals surface area contributed by atoms with Crippen molar-refractivity contribution in [3.63, 3.8) is 0 Å². The molecule has 1 rings (SSSR count). The summed E-state index contributed by atoms with van der Waals surface area (Å²) in [7, 11) is -0.699. The second-order valence-corrected chi connectivity index (χ2v) is 6.89. The van der Waals surface area contributed by atoms with Gasteiger partial charge in [0.15, 0.2) is 0 Å². The summed E-state index contributed by atoms with van der Waals surface area (Å²) in [5, 5.41) is 3.53. The third-order valence-electron chi connectivity index (χ3n) is 3.40. The molecule has 1 aliphatic rings. The first-order chi connectivity index (χ1) is 7.41. The Bertz CT molecular complexity index is 245. The van der Waals surface area contributed by atoms with Gasteiger partial charge in [0.1, 0.15) is 0 Å². The molecule has 4 atom stereocenters. The highest BCUT2D eigenvalue weighted by Gasteiger charge is 2.31. The summed E-state index contributed by atoms with van der Waals surface area (Å²) in [5.74, 6) is 1.43. The Kier molecular flexibility index (Phi) is 5.41. The molecule has 96 valence electrons. The first-order valence-corrected chi connectivity index (χ1v) is 7.93. The summed E-state index contributed by atoms with van der Waals surface area (Å²) < 4.78 is 11.3. The SMILES string of the molecule is CC1CN(C(C)CS(C)=O)C(C(C)C)CN1. The lowest BCUT2D eigenvalue weighted by Gasteiger charge is -2.44. The van der Waals surface area contributed by atoms with Crippen LogP contribution >= 0.6 is 0 Å². The van der Waals surface area contributed by atoms with E-state index in [2.05, 4.69) is 37.9 Å². The quantitative estimate of drug-likeness (QED) is 0.805. The predicted octanol–water partition coefficient (Wildman–Crippen LogP) is 1.07. The summed E-state index contributed by atoms with van der Waals surface area (Å²) in [6.45, 7) is 11.1. The van der Waals surface area contributed by atoms with Gasteiger partial charge in [0.05, 0.1) is 0 Å². The molecule has 0 aromatic heterocycles. The van der Waals surface area contributed by atoms with Crippen LogP contribution in [0.3, 0.4) is 0 Å². The van der Waals surface area contributed by atoms with Gasteiger partial charge in [-0.05, 0) is 19.8 Å². The number of nitrogens with zero attached hydrogens (tertiary/aromatic N) is 1. The van der Waals surface area contributed by atoms with Gasteiger partial charge < -0.3 is 5.32 Å². The van der Waals surface area contributed by atoms with Crippen LogP contribution in [0.2, 0.25) is 0 Å². The van der Waals surface area contributed by atoms with Gasteiger partial charge in [0.25, 0.3) is 0 Å². The van der Waals surface area contributed by atoms with E-state index in [1.807, 2.05) is 0 Å². The molecule has 0 aliphatic carbocycles. The average Bonchev–Trinajstić information content (AvgIpc) is 2.15. The smallest absolute Gasteiger partial charge is 0.0385 e. The van der Waals surface area contributed by atoms with E-state index in [4.69, 9.17) is 0 Å². The maximum absolute atomic E-state index is 11.3. The largest absolute Gasteiger partial charge is 0.311 e. The predicted molar refractivity (Wildman–Crippen MR) is 71.2 cm³/mol. The van der Waals surface area contributed by atoms with Crippen molar-refractivity contribution >= 4 is 10.8 Å². The van der Waals surface area contributed by atoms with E-state index < -0.39 is 10.8 Å². The molecular weight excluding hydrogens is 220 g/mol. The molecule has 1 fully saturated rings. The minimum atomic E-state index is -0.699. The van der Waals surface area contributed by atoms with Gasteiger partial charge >= 0.3 is 0 Å². The topological polar surface area (TPSA) is 32.3 Å². The van der Waals surface area contributed by atoms with Crippen molar-refractivity contribution in [2.45, 2.75) is 45.8 Å². The first-order valence-electron chi connectivity index (χ1n) is 6.21. The van der Waals surface area contributed by atoms with Crippen LogP contribution in [0.25, 0.3) is 0 Å². The van der Waals surface area contributed by atoms with E-state index in [1.54, 1.807) is 6.26 Å². The van der Waals surface area contributed by atoms with E-state index >= 15 is 0 Å². The molecule has 1 aliphatic heterocycles. The zero-order valence-corrected chi connectivity index (χ0v) is 12.0. The Morgan fingerprint density at radius 2 is 2.06 bits per heavy atom. The fourth-order valence-corrected chi connectivity index (χ4v) is 3.39. The molecule has 4 heteroatoms. The third-order valence-corrected chi connectivity index (χ3v) is 4.35. The molecule has 1 saturated heterocycles. The maximum Gasteiger partial charge on any atom is 0.0385 e. The Hall–Kier alpha value is 0.0700. The molecular formula is C12H26N2OS. The highest BCUT2D eigenvalue weighted by Crippen LogP contribution is 2.18. The van der Waals surface area contributed by atoms with Gasteiger partial charge in [-0.25, -0.2) is 0 Å². The molecule has 3 nitrogen and oxygen atoms in total. The van der Waals surface area contributed by atoms with Crippen LogP contribution in [0.1, 0.15) is 27.7 Å². The van der Waals surface area contributed by atoms with E-state index in [1.165, 1.54) is 0 Å². The molecule has 0 amide bonds. The highest BCUT2D eigenvalue weighted by molar-refractivity contribution is 7.84. The van der Waals surface area contributed by atoms with E-state index in [0.29, 0.717) is 24.0 Å². The molecule has 0 bridgehead atoms. The third kappa shape index (κ3) is 3.82. The van der Waals surface area contributed by atoms with Crippen molar-refractivity contribution < 1.29 is 4.21 Å². The lowest BCUT2D eigenvalue weighted by atomic mass is 9.97. The summed E-state index contributed by atoms with van der Waals surface area (Å²) in [6.07, 6.45) is 1.80. The monoisotopic (exact) mass is 246 g/mol. The van der Waals surface area contributed by atoms with Crippen molar-refractivity contribution in [2.24, 2.45) is 5.92 Å². The van der Waals surface area contributed by atoms with Crippen molar-refractivity contribution in [1.29, 1.82) is 0 Å². The Morgan fingerprint density at radius 1 is 1.44 bits per heavy atom. The molecule has 4 unspecified atom stereocenters. The lowest BCUT2D eigenvalue weighted by Crippen LogP contribution is -2.60. The van der Waals surface area contributed by atoms with Gasteiger partial charge in [0.2, 0.25) is 0 Å². The average molecular weight is 246 g/mol. The zero-order valence-electron chi connectivity index (χ0n) is 11.2.